The number of rotatable bonds is 6. The number of nitrogens with one attached hydrogen (secondary N) is 2. The molecule has 1 aliphatic rings. The predicted molar refractivity (Wildman–Crippen MR) is 85.3 cm³/mol. The molecule has 0 aromatic carbocycles. The van der Waals surface area contributed by atoms with Crippen molar-refractivity contribution in [3.8, 4) is 0 Å². The first-order valence-corrected chi connectivity index (χ1v) is 7.99. The smallest absolute Gasteiger partial charge is 0.134 e. The van der Waals surface area contributed by atoms with Gasteiger partial charge in [0.2, 0.25) is 0 Å². The van der Waals surface area contributed by atoms with E-state index in [2.05, 4.69) is 34.4 Å². The van der Waals surface area contributed by atoms with Gasteiger partial charge in [-0.2, -0.15) is 0 Å². The van der Waals surface area contributed by atoms with Crippen LogP contribution in [0.3, 0.4) is 0 Å². The second kappa shape index (κ2) is 7.46. The molecule has 0 unspecified atom stereocenters. The first kappa shape index (κ1) is 15.1. The topological polar surface area (TPSA) is 49.8 Å². The minimum Gasteiger partial charge on any atom is -0.373 e. The Morgan fingerprint density at radius 1 is 1.15 bits per heavy atom. The molecule has 0 radical (unpaired) electrons. The molecule has 0 spiro atoms. The fourth-order valence-corrected chi connectivity index (χ4v) is 3.15. The number of anilines is 2. The lowest BCUT2D eigenvalue weighted by Crippen LogP contribution is -2.15. The van der Waals surface area contributed by atoms with Crippen LogP contribution in [0.15, 0.2) is 6.33 Å². The van der Waals surface area contributed by atoms with E-state index < -0.39 is 0 Å². The Hall–Kier alpha value is -1.32. The molecule has 1 aromatic heterocycles. The summed E-state index contributed by atoms with van der Waals surface area (Å²) in [5, 5.41) is 6.69. The number of hydrogen-bond donors (Lipinski definition) is 2. The Bertz CT molecular complexity index is 411. The van der Waals surface area contributed by atoms with Crippen LogP contribution in [-0.4, -0.2) is 23.6 Å². The maximum atomic E-state index is 4.43. The molecule has 0 atom stereocenters. The molecule has 1 saturated carbocycles. The lowest BCUT2D eigenvalue weighted by molar-refractivity contribution is 0.345. The van der Waals surface area contributed by atoms with Gasteiger partial charge in [-0.1, -0.05) is 46.0 Å². The monoisotopic (exact) mass is 276 g/mol. The van der Waals surface area contributed by atoms with Crippen LogP contribution in [0.5, 0.6) is 0 Å². The lowest BCUT2D eigenvalue weighted by atomic mass is 9.87. The van der Waals surface area contributed by atoms with E-state index in [0.717, 1.165) is 24.1 Å². The van der Waals surface area contributed by atoms with E-state index in [1.54, 1.807) is 6.33 Å². The SMILES string of the molecule is CNc1ncnc(NCCC2CCCCC2)c1C(C)C. The molecule has 2 N–H and O–H groups in total. The summed E-state index contributed by atoms with van der Waals surface area (Å²) in [6, 6.07) is 0. The van der Waals surface area contributed by atoms with E-state index in [4.69, 9.17) is 0 Å². The van der Waals surface area contributed by atoms with Gasteiger partial charge in [0.25, 0.3) is 0 Å². The highest BCUT2D eigenvalue weighted by atomic mass is 15.1. The van der Waals surface area contributed by atoms with Crippen molar-refractivity contribution in [1.29, 1.82) is 0 Å². The fourth-order valence-electron chi connectivity index (χ4n) is 3.15. The summed E-state index contributed by atoms with van der Waals surface area (Å²) in [6.07, 6.45) is 9.98. The quantitative estimate of drug-likeness (QED) is 0.824. The van der Waals surface area contributed by atoms with Crippen molar-refractivity contribution in [2.45, 2.75) is 58.3 Å². The molecule has 1 fully saturated rings. The van der Waals surface area contributed by atoms with Crippen LogP contribution in [0.4, 0.5) is 11.6 Å². The fraction of sp³-hybridized carbons (Fsp3) is 0.750. The van der Waals surface area contributed by atoms with Crippen LogP contribution in [-0.2, 0) is 0 Å². The summed E-state index contributed by atoms with van der Waals surface area (Å²) in [5.41, 5.74) is 1.19. The Morgan fingerprint density at radius 3 is 2.50 bits per heavy atom. The molecule has 0 aliphatic heterocycles. The zero-order chi connectivity index (χ0) is 14.4. The zero-order valence-corrected chi connectivity index (χ0v) is 13.1. The first-order valence-electron chi connectivity index (χ1n) is 7.99. The van der Waals surface area contributed by atoms with Crippen molar-refractivity contribution >= 4 is 11.6 Å². The van der Waals surface area contributed by atoms with Crippen LogP contribution in [0, 0.1) is 5.92 Å². The molecule has 0 bridgehead atoms. The molecule has 1 aromatic rings. The highest BCUT2D eigenvalue weighted by Crippen LogP contribution is 2.29. The van der Waals surface area contributed by atoms with Crippen molar-refractivity contribution in [3.63, 3.8) is 0 Å². The van der Waals surface area contributed by atoms with Crippen molar-refractivity contribution in [3.05, 3.63) is 11.9 Å². The molecule has 4 heteroatoms. The van der Waals surface area contributed by atoms with E-state index in [1.807, 2.05) is 7.05 Å². The van der Waals surface area contributed by atoms with E-state index in [0.29, 0.717) is 5.92 Å². The summed E-state index contributed by atoms with van der Waals surface area (Å²) in [7, 11) is 1.92. The molecule has 112 valence electrons. The number of nitrogens with zero attached hydrogens (tertiary/aromatic N) is 2. The summed E-state index contributed by atoms with van der Waals surface area (Å²) in [4.78, 5) is 8.74. The average molecular weight is 276 g/mol. The van der Waals surface area contributed by atoms with Crippen LogP contribution in [0.2, 0.25) is 0 Å². The molecule has 4 nitrogen and oxygen atoms in total. The Labute approximate surface area is 122 Å². The van der Waals surface area contributed by atoms with Crippen molar-refractivity contribution in [1.82, 2.24) is 9.97 Å². The maximum Gasteiger partial charge on any atom is 0.134 e. The van der Waals surface area contributed by atoms with Gasteiger partial charge in [0.15, 0.2) is 0 Å². The van der Waals surface area contributed by atoms with Gasteiger partial charge >= 0.3 is 0 Å². The lowest BCUT2D eigenvalue weighted by Gasteiger charge is -2.22. The average Bonchev–Trinajstić information content (AvgIpc) is 2.47. The Morgan fingerprint density at radius 2 is 1.85 bits per heavy atom. The van der Waals surface area contributed by atoms with Gasteiger partial charge in [0.05, 0.1) is 0 Å². The van der Waals surface area contributed by atoms with Crippen LogP contribution < -0.4 is 10.6 Å². The van der Waals surface area contributed by atoms with Gasteiger partial charge in [0, 0.05) is 19.2 Å². The minimum atomic E-state index is 0.413. The van der Waals surface area contributed by atoms with Crippen molar-refractivity contribution < 1.29 is 0 Å². The van der Waals surface area contributed by atoms with Gasteiger partial charge in [-0.15, -0.1) is 0 Å². The van der Waals surface area contributed by atoms with Crippen molar-refractivity contribution in [2.24, 2.45) is 5.92 Å². The van der Waals surface area contributed by atoms with Gasteiger partial charge in [-0.25, -0.2) is 9.97 Å². The van der Waals surface area contributed by atoms with E-state index in [1.165, 1.54) is 44.1 Å². The second-order valence-corrected chi connectivity index (χ2v) is 6.11. The molecule has 1 aliphatic carbocycles. The standard InChI is InChI=1S/C16H28N4/c1-12(2)14-15(17-3)19-11-20-16(14)18-10-9-13-7-5-4-6-8-13/h11-13H,4-10H2,1-3H3,(H2,17,18,19,20). The van der Waals surface area contributed by atoms with Gasteiger partial charge in [-0.05, 0) is 18.3 Å². The number of hydrogen-bond acceptors (Lipinski definition) is 4. The summed E-state index contributed by atoms with van der Waals surface area (Å²) < 4.78 is 0. The van der Waals surface area contributed by atoms with Gasteiger partial charge < -0.3 is 10.6 Å². The summed E-state index contributed by atoms with van der Waals surface area (Å²) >= 11 is 0. The minimum absolute atomic E-state index is 0.413. The molecule has 0 saturated heterocycles. The van der Waals surface area contributed by atoms with Gasteiger partial charge in [-0.3, -0.25) is 0 Å². The summed E-state index contributed by atoms with van der Waals surface area (Å²) in [6.45, 7) is 5.39. The number of aromatic nitrogens is 2. The van der Waals surface area contributed by atoms with Crippen LogP contribution >= 0.6 is 0 Å². The van der Waals surface area contributed by atoms with Crippen molar-refractivity contribution in [2.75, 3.05) is 24.2 Å². The van der Waals surface area contributed by atoms with Gasteiger partial charge in [0.1, 0.15) is 18.0 Å². The molecular formula is C16H28N4. The molecule has 1 heterocycles. The first-order chi connectivity index (χ1) is 9.72. The highest BCUT2D eigenvalue weighted by molar-refractivity contribution is 5.58. The molecule has 20 heavy (non-hydrogen) atoms. The third-order valence-electron chi connectivity index (χ3n) is 4.27. The third-order valence-corrected chi connectivity index (χ3v) is 4.27. The Balaban J connectivity index is 1.94. The molecular weight excluding hydrogens is 248 g/mol. The molecule has 2 rings (SSSR count). The van der Waals surface area contributed by atoms with Crippen LogP contribution in [0.1, 0.15) is 63.9 Å². The predicted octanol–water partition coefficient (Wildman–Crippen LogP) is 4.02. The van der Waals surface area contributed by atoms with E-state index in [-0.39, 0.29) is 0 Å². The summed E-state index contributed by atoms with van der Waals surface area (Å²) in [5.74, 6) is 3.26. The second-order valence-electron chi connectivity index (χ2n) is 6.11. The zero-order valence-electron chi connectivity index (χ0n) is 13.1. The molecule has 0 amide bonds. The normalized spacial score (nSPS) is 16.4. The van der Waals surface area contributed by atoms with E-state index >= 15 is 0 Å². The van der Waals surface area contributed by atoms with E-state index in [9.17, 15) is 0 Å². The highest BCUT2D eigenvalue weighted by Gasteiger charge is 2.16. The maximum absolute atomic E-state index is 4.43. The largest absolute Gasteiger partial charge is 0.373 e. The Kier molecular flexibility index (Phi) is 5.62. The van der Waals surface area contributed by atoms with Crippen LogP contribution in [0.25, 0.3) is 0 Å². The third kappa shape index (κ3) is 3.84.